The van der Waals surface area contributed by atoms with Crippen LogP contribution in [0.3, 0.4) is 0 Å². The summed E-state index contributed by atoms with van der Waals surface area (Å²) in [5, 5.41) is 15.1. The number of benzene rings is 1. The van der Waals surface area contributed by atoms with E-state index in [1.807, 2.05) is 18.2 Å². The molecule has 1 saturated carbocycles. The number of hydrogen-bond donors (Lipinski definition) is 3. The molecule has 0 saturated heterocycles. The van der Waals surface area contributed by atoms with E-state index in [1.165, 1.54) is 11.1 Å². The van der Waals surface area contributed by atoms with Crippen molar-refractivity contribution in [3.63, 3.8) is 0 Å². The lowest BCUT2D eigenvalue weighted by atomic mass is 9.95. The first-order chi connectivity index (χ1) is 9.61. The number of fused-ring (bicyclic) bond motifs is 1. The van der Waals surface area contributed by atoms with E-state index >= 15 is 0 Å². The van der Waals surface area contributed by atoms with Gasteiger partial charge in [0.15, 0.2) is 0 Å². The van der Waals surface area contributed by atoms with Crippen molar-refractivity contribution in [3.05, 3.63) is 35.4 Å². The summed E-state index contributed by atoms with van der Waals surface area (Å²) in [6.07, 6.45) is 1.97. The lowest BCUT2D eigenvalue weighted by molar-refractivity contribution is -0.143. The Kier molecular flexibility index (Phi) is 3.22. The van der Waals surface area contributed by atoms with E-state index in [0.717, 1.165) is 0 Å². The monoisotopic (exact) mass is 274 g/mol. The second-order valence-electron chi connectivity index (χ2n) is 5.71. The molecule has 1 amide bonds. The number of nitrogens with one attached hydrogen (secondary N) is 2. The van der Waals surface area contributed by atoms with Gasteiger partial charge in [-0.25, -0.2) is 0 Å². The zero-order valence-corrected chi connectivity index (χ0v) is 11.2. The molecule has 1 atom stereocenters. The fourth-order valence-electron chi connectivity index (χ4n) is 2.64. The molecule has 5 nitrogen and oxygen atoms in total. The van der Waals surface area contributed by atoms with Gasteiger partial charge in [0, 0.05) is 13.1 Å². The van der Waals surface area contributed by atoms with Crippen LogP contribution in [0.1, 0.15) is 24.0 Å². The molecule has 1 aliphatic heterocycles. The van der Waals surface area contributed by atoms with Crippen molar-refractivity contribution in [1.29, 1.82) is 0 Å². The molecule has 1 heterocycles. The maximum Gasteiger partial charge on any atom is 0.311 e. The summed E-state index contributed by atoms with van der Waals surface area (Å²) < 4.78 is 0. The van der Waals surface area contributed by atoms with Gasteiger partial charge < -0.3 is 15.7 Å². The first-order valence-electron chi connectivity index (χ1n) is 6.92. The van der Waals surface area contributed by atoms with Gasteiger partial charge in [-0.2, -0.15) is 0 Å². The molecule has 20 heavy (non-hydrogen) atoms. The summed E-state index contributed by atoms with van der Waals surface area (Å²) in [6, 6.07) is 7.79. The van der Waals surface area contributed by atoms with Crippen molar-refractivity contribution < 1.29 is 14.7 Å². The van der Waals surface area contributed by atoms with Crippen molar-refractivity contribution >= 4 is 11.9 Å². The highest BCUT2D eigenvalue weighted by Crippen LogP contribution is 2.45. The quantitative estimate of drug-likeness (QED) is 0.754. The lowest BCUT2D eigenvalue weighted by Crippen LogP contribution is -2.49. The molecule has 1 aliphatic carbocycles. The maximum absolute atomic E-state index is 12.1. The molecular weight excluding hydrogens is 256 g/mol. The molecule has 1 aromatic rings. The van der Waals surface area contributed by atoms with Crippen LogP contribution in [0.4, 0.5) is 0 Å². The van der Waals surface area contributed by atoms with Gasteiger partial charge in [-0.3, -0.25) is 9.59 Å². The number of carbonyl (C=O) groups excluding carboxylic acids is 1. The van der Waals surface area contributed by atoms with E-state index in [2.05, 4.69) is 16.7 Å². The molecule has 1 unspecified atom stereocenters. The lowest BCUT2D eigenvalue weighted by Gasteiger charge is -2.25. The van der Waals surface area contributed by atoms with Crippen molar-refractivity contribution in [3.8, 4) is 0 Å². The normalized spacial score (nSPS) is 22.7. The van der Waals surface area contributed by atoms with E-state index in [1.54, 1.807) is 0 Å². The summed E-state index contributed by atoms with van der Waals surface area (Å²) in [7, 11) is 0. The van der Waals surface area contributed by atoms with Crippen molar-refractivity contribution in [1.82, 2.24) is 10.6 Å². The fourth-order valence-corrected chi connectivity index (χ4v) is 2.64. The third-order valence-corrected chi connectivity index (χ3v) is 4.31. The molecule has 0 aromatic heterocycles. The van der Waals surface area contributed by atoms with Crippen LogP contribution in [0, 0.1) is 5.41 Å². The van der Waals surface area contributed by atoms with Crippen LogP contribution in [-0.4, -0.2) is 29.6 Å². The van der Waals surface area contributed by atoms with Crippen molar-refractivity contribution in [2.24, 2.45) is 5.41 Å². The Morgan fingerprint density at radius 3 is 2.65 bits per heavy atom. The molecule has 3 N–H and O–H groups in total. The predicted octanol–water partition coefficient (Wildman–Crippen LogP) is 0.682. The Labute approximate surface area is 117 Å². The SMILES string of the molecule is O=C(NCC1(C(=O)O)CC1)C1Cc2ccccc2CN1. The van der Waals surface area contributed by atoms with Gasteiger partial charge in [0.05, 0.1) is 11.5 Å². The average Bonchev–Trinajstić information content (AvgIpc) is 3.25. The standard InChI is InChI=1S/C15H18N2O3/c18-13(17-9-15(5-6-15)14(19)20)12-7-10-3-1-2-4-11(10)8-16-12/h1-4,12,16H,5-9H2,(H,17,18)(H,19,20). The Morgan fingerprint density at radius 2 is 2.00 bits per heavy atom. The van der Waals surface area contributed by atoms with Gasteiger partial charge in [-0.1, -0.05) is 24.3 Å². The number of amides is 1. The highest BCUT2D eigenvalue weighted by atomic mass is 16.4. The molecule has 1 fully saturated rings. The summed E-state index contributed by atoms with van der Waals surface area (Å²) in [5.74, 6) is -0.910. The molecule has 0 radical (unpaired) electrons. The minimum absolute atomic E-state index is 0.105. The minimum atomic E-state index is -0.806. The predicted molar refractivity (Wildman–Crippen MR) is 73.1 cm³/mol. The zero-order chi connectivity index (χ0) is 14.2. The molecule has 3 rings (SSSR count). The molecule has 106 valence electrons. The van der Waals surface area contributed by atoms with Crippen molar-refractivity contribution in [2.45, 2.75) is 31.8 Å². The van der Waals surface area contributed by atoms with E-state index in [9.17, 15) is 9.59 Å². The fraction of sp³-hybridized carbons (Fsp3) is 0.467. The second kappa shape index (κ2) is 4.90. The molecule has 0 spiro atoms. The van der Waals surface area contributed by atoms with Crippen molar-refractivity contribution in [2.75, 3.05) is 6.54 Å². The number of carboxylic acid groups (broad SMARTS) is 1. The van der Waals surface area contributed by atoms with Gasteiger partial charge in [0.1, 0.15) is 0 Å². The summed E-state index contributed by atoms with van der Waals surface area (Å²) >= 11 is 0. The van der Waals surface area contributed by atoms with Crippen LogP contribution in [0.25, 0.3) is 0 Å². The van der Waals surface area contributed by atoms with E-state index in [4.69, 9.17) is 5.11 Å². The van der Waals surface area contributed by atoms with Crippen LogP contribution in [0.2, 0.25) is 0 Å². The average molecular weight is 274 g/mol. The third kappa shape index (κ3) is 2.41. The van der Waals surface area contributed by atoms with Crippen LogP contribution >= 0.6 is 0 Å². The van der Waals surface area contributed by atoms with Crippen LogP contribution < -0.4 is 10.6 Å². The number of carboxylic acids is 1. The largest absolute Gasteiger partial charge is 0.481 e. The number of rotatable bonds is 4. The second-order valence-corrected chi connectivity index (χ2v) is 5.71. The smallest absolute Gasteiger partial charge is 0.311 e. The van der Waals surface area contributed by atoms with Crippen LogP contribution in [0.5, 0.6) is 0 Å². The summed E-state index contributed by atoms with van der Waals surface area (Å²) in [4.78, 5) is 23.2. The van der Waals surface area contributed by atoms with Gasteiger partial charge in [0.2, 0.25) is 5.91 Å². The zero-order valence-electron chi connectivity index (χ0n) is 11.2. The minimum Gasteiger partial charge on any atom is -0.481 e. The molecule has 2 aliphatic rings. The number of hydrogen-bond acceptors (Lipinski definition) is 3. The van der Waals surface area contributed by atoms with E-state index in [-0.39, 0.29) is 18.5 Å². The Balaban J connectivity index is 1.58. The Bertz CT molecular complexity index is 552. The molecular formula is C15H18N2O3. The van der Waals surface area contributed by atoms with E-state index < -0.39 is 11.4 Å². The molecule has 0 bridgehead atoms. The first kappa shape index (κ1) is 13.1. The van der Waals surface area contributed by atoms with Gasteiger partial charge in [-0.15, -0.1) is 0 Å². The van der Waals surface area contributed by atoms with E-state index in [0.29, 0.717) is 25.8 Å². The Hall–Kier alpha value is -1.88. The van der Waals surface area contributed by atoms with Crippen LogP contribution in [0.15, 0.2) is 24.3 Å². The summed E-state index contributed by atoms with van der Waals surface area (Å²) in [6.45, 7) is 0.916. The maximum atomic E-state index is 12.1. The third-order valence-electron chi connectivity index (χ3n) is 4.31. The van der Waals surface area contributed by atoms with Gasteiger partial charge in [-0.05, 0) is 30.4 Å². The molecule has 1 aromatic carbocycles. The van der Waals surface area contributed by atoms with Gasteiger partial charge >= 0.3 is 5.97 Å². The highest BCUT2D eigenvalue weighted by molar-refractivity contribution is 5.84. The Morgan fingerprint density at radius 1 is 1.30 bits per heavy atom. The summed E-state index contributed by atoms with van der Waals surface area (Å²) in [5.41, 5.74) is 1.70. The number of aliphatic carboxylic acids is 1. The van der Waals surface area contributed by atoms with Gasteiger partial charge in [0.25, 0.3) is 0 Å². The number of carbonyl (C=O) groups is 2. The van der Waals surface area contributed by atoms with Crippen LogP contribution in [-0.2, 0) is 22.6 Å². The topological polar surface area (TPSA) is 78.4 Å². The highest BCUT2D eigenvalue weighted by Gasteiger charge is 2.50. The first-order valence-corrected chi connectivity index (χ1v) is 6.92. The molecule has 5 heteroatoms.